The fraction of sp³-hybridized carbons (Fsp3) is 1.00. The highest BCUT2D eigenvalue weighted by atomic mass is 16.5. The molecule has 0 aromatic rings. The van der Waals surface area contributed by atoms with Crippen LogP contribution in [0.2, 0.25) is 0 Å². The Balaban J connectivity index is 1.86. The van der Waals surface area contributed by atoms with Crippen molar-refractivity contribution in [1.29, 1.82) is 0 Å². The van der Waals surface area contributed by atoms with Gasteiger partial charge in [0, 0.05) is 32.3 Å². The average molecular weight is 240 g/mol. The van der Waals surface area contributed by atoms with Crippen LogP contribution in [-0.2, 0) is 4.74 Å². The highest BCUT2D eigenvalue weighted by Crippen LogP contribution is 2.50. The summed E-state index contributed by atoms with van der Waals surface area (Å²) in [5.41, 5.74) is 6.72. The zero-order valence-corrected chi connectivity index (χ0v) is 11.6. The quantitative estimate of drug-likeness (QED) is 0.797. The van der Waals surface area contributed by atoms with E-state index in [4.69, 9.17) is 10.5 Å². The first kappa shape index (κ1) is 13.3. The fourth-order valence-corrected chi connectivity index (χ4v) is 3.11. The van der Waals surface area contributed by atoms with E-state index in [0.29, 0.717) is 23.4 Å². The van der Waals surface area contributed by atoms with Crippen LogP contribution in [0.15, 0.2) is 0 Å². The first-order valence-electron chi connectivity index (χ1n) is 7.06. The third kappa shape index (κ3) is 3.01. The summed E-state index contributed by atoms with van der Waals surface area (Å²) < 4.78 is 5.23. The van der Waals surface area contributed by atoms with Crippen LogP contribution in [0.3, 0.4) is 0 Å². The van der Waals surface area contributed by atoms with Gasteiger partial charge in [0.05, 0.1) is 0 Å². The summed E-state index contributed by atoms with van der Waals surface area (Å²) in [6.07, 6.45) is 5.17. The second-order valence-electron chi connectivity index (χ2n) is 6.27. The molecule has 100 valence electrons. The van der Waals surface area contributed by atoms with Gasteiger partial charge in [-0.25, -0.2) is 0 Å². The highest BCUT2D eigenvalue weighted by molar-refractivity contribution is 4.98. The van der Waals surface area contributed by atoms with Crippen molar-refractivity contribution in [3.8, 4) is 0 Å². The van der Waals surface area contributed by atoms with E-state index in [0.717, 1.165) is 13.0 Å². The summed E-state index contributed by atoms with van der Waals surface area (Å²) >= 11 is 0. The Kier molecular flexibility index (Phi) is 4.11. The zero-order valence-electron chi connectivity index (χ0n) is 11.6. The zero-order chi connectivity index (χ0) is 12.5. The van der Waals surface area contributed by atoms with E-state index in [-0.39, 0.29) is 0 Å². The van der Waals surface area contributed by atoms with Gasteiger partial charge >= 0.3 is 0 Å². The summed E-state index contributed by atoms with van der Waals surface area (Å²) in [5.74, 6) is 0.627. The van der Waals surface area contributed by atoms with Gasteiger partial charge in [-0.05, 0) is 50.5 Å². The van der Waals surface area contributed by atoms with Gasteiger partial charge in [-0.15, -0.1) is 0 Å². The Labute approximate surface area is 106 Å². The van der Waals surface area contributed by atoms with Gasteiger partial charge in [0.1, 0.15) is 0 Å². The Morgan fingerprint density at radius 2 is 2.06 bits per heavy atom. The Hall–Kier alpha value is -0.120. The van der Waals surface area contributed by atoms with E-state index in [1.807, 2.05) is 0 Å². The SMILES string of the molecule is COCCC1(CN2CCC(N)C(C)C2C)CC1. The third-order valence-corrected chi connectivity index (χ3v) is 5.09. The fourth-order valence-electron chi connectivity index (χ4n) is 3.11. The number of likely N-dealkylation sites (tertiary alicyclic amines) is 1. The number of hydrogen-bond donors (Lipinski definition) is 1. The largest absolute Gasteiger partial charge is 0.385 e. The topological polar surface area (TPSA) is 38.5 Å². The van der Waals surface area contributed by atoms with E-state index >= 15 is 0 Å². The first-order valence-corrected chi connectivity index (χ1v) is 7.06. The van der Waals surface area contributed by atoms with Gasteiger partial charge in [-0.2, -0.15) is 0 Å². The molecule has 1 aliphatic heterocycles. The maximum absolute atomic E-state index is 6.14. The van der Waals surface area contributed by atoms with E-state index in [1.54, 1.807) is 7.11 Å². The van der Waals surface area contributed by atoms with Gasteiger partial charge in [-0.3, -0.25) is 4.90 Å². The van der Waals surface area contributed by atoms with Crippen LogP contribution in [0.1, 0.15) is 39.5 Å². The molecule has 3 heteroatoms. The predicted octanol–water partition coefficient (Wildman–Crippen LogP) is 1.86. The lowest BCUT2D eigenvalue weighted by atomic mass is 9.86. The maximum Gasteiger partial charge on any atom is 0.0468 e. The molecule has 2 rings (SSSR count). The Bertz CT molecular complexity index is 253. The Morgan fingerprint density at radius 3 is 2.65 bits per heavy atom. The van der Waals surface area contributed by atoms with Crippen LogP contribution in [-0.4, -0.2) is 43.8 Å². The molecule has 0 bridgehead atoms. The highest BCUT2D eigenvalue weighted by Gasteiger charge is 2.45. The molecule has 1 saturated heterocycles. The molecule has 0 radical (unpaired) electrons. The maximum atomic E-state index is 6.14. The van der Waals surface area contributed by atoms with Gasteiger partial charge in [0.25, 0.3) is 0 Å². The molecule has 2 fully saturated rings. The number of rotatable bonds is 5. The lowest BCUT2D eigenvalue weighted by molar-refractivity contribution is 0.0668. The van der Waals surface area contributed by atoms with E-state index in [2.05, 4.69) is 18.7 Å². The number of ether oxygens (including phenoxy) is 1. The Morgan fingerprint density at radius 1 is 1.35 bits per heavy atom. The number of nitrogens with two attached hydrogens (primary N) is 1. The molecule has 2 aliphatic rings. The van der Waals surface area contributed by atoms with Gasteiger partial charge < -0.3 is 10.5 Å². The summed E-state index contributed by atoms with van der Waals surface area (Å²) in [5, 5.41) is 0. The minimum Gasteiger partial charge on any atom is -0.385 e. The molecule has 3 atom stereocenters. The molecule has 3 nitrogen and oxygen atoms in total. The van der Waals surface area contributed by atoms with Crippen molar-refractivity contribution in [3.05, 3.63) is 0 Å². The molecule has 0 amide bonds. The van der Waals surface area contributed by atoms with Crippen molar-refractivity contribution in [2.24, 2.45) is 17.1 Å². The minimum atomic E-state index is 0.398. The van der Waals surface area contributed by atoms with E-state index < -0.39 is 0 Å². The lowest BCUT2D eigenvalue weighted by Crippen LogP contribution is -2.53. The molecule has 0 aromatic heterocycles. The van der Waals surface area contributed by atoms with Gasteiger partial charge in [0.2, 0.25) is 0 Å². The van der Waals surface area contributed by atoms with Crippen LogP contribution in [0.5, 0.6) is 0 Å². The molecule has 1 heterocycles. The molecule has 1 aliphatic carbocycles. The summed E-state index contributed by atoms with van der Waals surface area (Å²) in [7, 11) is 1.81. The molecular weight excluding hydrogens is 212 g/mol. The summed E-state index contributed by atoms with van der Waals surface area (Å²) in [6, 6.07) is 1.04. The van der Waals surface area contributed by atoms with E-state index in [1.165, 1.54) is 32.4 Å². The lowest BCUT2D eigenvalue weighted by Gasteiger charge is -2.43. The van der Waals surface area contributed by atoms with Crippen LogP contribution >= 0.6 is 0 Å². The number of methoxy groups -OCH3 is 1. The normalized spacial score (nSPS) is 37.1. The van der Waals surface area contributed by atoms with Gasteiger partial charge in [-0.1, -0.05) is 6.92 Å². The van der Waals surface area contributed by atoms with Crippen molar-refractivity contribution in [3.63, 3.8) is 0 Å². The molecule has 2 N–H and O–H groups in total. The molecular formula is C14H28N2O. The minimum absolute atomic E-state index is 0.398. The monoisotopic (exact) mass is 240 g/mol. The molecule has 0 aromatic carbocycles. The average Bonchev–Trinajstić information content (AvgIpc) is 3.08. The van der Waals surface area contributed by atoms with Gasteiger partial charge in [0.15, 0.2) is 0 Å². The van der Waals surface area contributed by atoms with Crippen LogP contribution in [0.4, 0.5) is 0 Å². The first-order chi connectivity index (χ1) is 8.08. The van der Waals surface area contributed by atoms with E-state index in [9.17, 15) is 0 Å². The van der Waals surface area contributed by atoms with Crippen LogP contribution in [0, 0.1) is 11.3 Å². The second-order valence-corrected chi connectivity index (χ2v) is 6.27. The number of nitrogens with zero attached hydrogens (tertiary/aromatic N) is 1. The smallest absolute Gasteiger partial charge is 0.0468 e. The van der Waals surface area contributed by atoms with Crippen molar-refractivity contribution in [1.82, 2.24) is 4.90 Å². The third-order valence-electron chi connectivity index (χ3n) is 5.09. The van der Waals surface area contributed by atoms with Crippen LogP contribution < -0.4 is 5.73 Å². The molecule has 1 saturated carbocycles. The van der Waals surface area contributed by atoms with Crippen molar-refractivity contribution in [2.75, 3.05) is 26.8 Å². The van der Waals surface area contributed by atoms with Crippen molar-refractivity contribution < 1.29 is 4.74 Å². The molecule has 17 heavy (non-hydrogen) atoms. The molecule has 0 spiro atoms. The van der Waals surface area contributed by atoms with Crippen LogP contribution in [0.25, 0.3) is 0 Å². The summed E-state index contributed by atoms with van der Waals surface area (Å²) in [4.78, 5) is 2.66. The molecule has 3 unspecified atom stereocenters. The standard InChI is InChI=1S/C14H28N2O/c1-11-12(2)16(8-4-13(11)15)10-14(5-6-14)7-9-17-3/h11-13H,4-10,15H2,1-3H3. The van der Waals surface area contributed by atoms with Crippen molar-refractivity contribution >= 4 is 0 Å². The summed E-state index contributed by atoms with van der Waals surface area (Å²) in [6.45, 7) is 8.00. The number of hydrogen-bond acceptors (Lipinski definition) is 3. The second kappa shape index (κ2) is 5.25. The number of piperidine rings is 1. The predicted molar refractivity (Wildman–Crippen MR) is 71.0 cm³/mol. The van der Waals surface area contributed by atoms with Crippen molar-refractivity contribution in [2.45, 2.75) is 51.6 Å².